The van der Waals surface area contributed by atoms with Crippen molar-refractivity contribution in [3.05, 3.63) is 143 Å². The third kappa shape index (κ3) is 6.21. The highest BCUT2D eigenvalue weighted by molar-refractivity contribution is 5.64. The summed E-state index contributed by atoms with van der Waals surface area (Å²) in [5.41, 5.74) is 5.56. The molecule has 4 rings (SSSR count). The molecule has 0 aromatic heterocycles. The molecule has 0 saturated heterocycles. The second-order valence-corrected chi connectivity index (χ2v) is 9.04. The van der Waals surface area contributed by atoms with Crippen LogP contribution in [0, 0.1) is 22.7 Å². The fourth-order valence-electron chi connectivity index (χ4n) is 4.09. The summed E-state index contributed by atoms with van der Waals surface area (Å²) in [6.45, 7) is 6.13. The topological polar surface area (TPSA) is 56.8 Å². The monoisotopic (exact) mass is 504 g/mol. The highest BCUT2D eigenvalue weighted by Gasteiger charge is 2.37. The van der Waals surface area contributed by atoms with Gasteiger partial charge in [-0.05, 0) is 77.1 Å². The van der Waals surface area contributed by atoms with Gasteiger partial charge in [0.05, 0.1) is 28.8 Å². The maximum absolute atomic E-state index is 15.5. The van der Waals surface area contributed by atoms with E-state index in [2.05, 4.69) is 13.5 Å². The van der Waals surface area contributed by atoms with Crippen molar-refractivity contribution in [2.24, 2.45) is 0 Å². The Labute approximate surface area is 221 Å². The van der Waals surface area contributed by atoms with Gasteiger partial charge in [-0.25, -0.2) is 0 Å². The third-order valence-corrected chi connectivity index (χ3v) is 6.41. The molecule has 0 aliphatic rings. The van der Waals surface area contributed by atoms with Crippen LogP contribution in [0.25, 0.3) is 11.1 Å². The minimum absolute atomic E-state index is 0.274. The fraction of sp³-hybridized carbons (Fsp3) is 0.152. The number of hydrogen-bond donors (Lipinski definition) is 0. The van der Waals surface area contributed by atoms with Crippen LogP contribution in [0.5, 0.6) is 0 Å². The molecular formula is C33H26F2N2O. The van der Waals surface area contributed by atoms with Crippen molar-refractivity contribution in [1.29, 1.82) is 10.5 Å². The lowest BCUT2D eigenvalue weighted by molar-refractivity contribution is -0.267. The maximum Gasteiger partial charge on any atom is 0.384 e. The first-order valence-corrected chi connectivity index (χ1v) is 12.2. The van der Waals surface area contributed by atoms with Gasteiger partial charge in [0.2, 0.25) is 0 Å². The normalized spacial score (nSPS) is 11.1. The molecule has 0 saturated carbocycles. The molecule has 3 nitrogen and oxygen atoms in total. The van der Waals surface area contributed by atoms with Crippen LogP contribution in [-0.4, -0.2) is 0 Å². The predicted octanol–water partition coefficient (Wildman–Crippen LogP) is 8.46. The van der Waals surface area contributed by atoms with Crippen LogP contribution in [0.2, 0.25) is 0 Å². The second-order valence-electron chi connectivity index (χ2n) is 9.04. The van der Waals surface area contributed by atoms with Crippen LogP contribution in [-0.2, 0) is 17.3 Å². The summed E-state index contributed by atoms with van der Waals surface area (Å²) in [5.74, 6) is 0. The smallest absolute Gasteiger partial charge is 0.303 e. The van der Waals surface area contributed by atoms with Crippen LogP contribution >= 0.6 is 0 Å². The molecule has 0 N–H and O–H groups in total. The van der Waals surface area contributed by atoms with E-state index in [1.165, 1.54) is 12.1 Å². The molecule has 0 fully saturated rings. The van der Waals surface area contributed by atoms with Gasteiger partial charge in [-0.15, -0.1) is 0 Å². The molecule has 0 aliphatic carbocycles. The minimum atomic E-state index is -3.60. The summed E-state index contributed by atoms with van der Waals surface area (Å²) in [6.07, 6.45) is -2.97. The van der Waals surface area contributed by atoms with Crippen molar-refractivity contribution >= 4 is 0 Å². The molecule has 0 bridgehead atoms. The lowest BCUT2D eigenvalue weighted by Crippen LogP contribution is -2.22. The van der Waals surface area contributed by atoms with Crippen LogP contribution in [0.4, 0.5) is 8.78 Å². The van der Waals surface area contributed by atoms with E-state index in [4.69, 9.17) is 15.3 Å². The number of alkyl halides is 2. The minimum Gasteiger partial charge on any atom is -0.303 e. The van der Waals surface area contributed by atoms with Gasteiger partial charge in [-0.2, -0.15) is 19.3 Å². The lowest BCUT2D eigenvalue weighted by atomic mass is 9.98. The van der Waals surface area contributed by atoms with Gasteiger partial charge in [0, 0.05) is 0 Å². The van der Waals surface area contributed by atoms with Crippen molar-refractivity contribution in [2.45, 2.75) is 32.0 Å². The number of nitrogens with zero attached hydrogens (tertiary/aromatic N) is 2. The number of nitriles is 2. The van der Waals surface area contributed by atoms with E-state index >= 15 is 8.78 Å². The highest BCUT2D eigenvalue weighted by atomic mass is 19.3. The van der Waals surface area contributed by atoms with Gasteiger partial charge in [0.25, 0.3) is 0 Å². The Morgan fingerprint density at radius 1 is 0.763 bits per heavy atom. The average Bonchev–Trinajstić information content (AvgIpc) is 2.96. The Kier molecular flexibility index (Phi) is 8.12. The summed E-state index contributed by atoms with van der Waals surface area (Å²) >= 11 is 0. The number of halogens is 2. The molecule has 4 aromatic carbocycles. The van der Waals surface area contributed by atoms with Crippen molar-refractivity contribution in [3.8, 4) is 23.3 Å². The molecule has 0 spiro atoms. The summed E-state index contributed by atoms with van der Waals surface area (Å²) < 4.78 is 36.4. The molecule has 0 aliphatic heterocycles. The first-order valence-electron chi connectivity index (χ1n) is 12.2. The predicted molar refractivity (Wildman–Crippen MR) is 144 cm³/mol. The van der Waals surface area contributed by atoms with Gasteiger partial charge < -0.3 is 4.74 Å². The van der Waals surface area contributed by atoms with Gasteiger partial charge in [0.1, 0.15) is 6.10 Å². The zero-order valence-corrected chi connectivity index (χ0v) is 21.0. The van der Waals surface area contributed by atoms with Crippen LogP contribution in [0.3, 0.4) is 0 Å². The zero-order chi connectivity index (χ0) is 27.1. The quantitative estimate of drug-likeness (QED) is 0.215. The van der Waals surface area contributed by atoms with E-state index in [1.54, 1.807) is 60.7 Å². The Balaban J connectivity index is 1.58. The Hall–Kier alpha value is -4.58. The largest absolute Gasteiger partial charge is 0.384 e. The maximum atomic E-state index is 15.5. The molecule has 0 amide bonds. The fourth-order valence-corrected chi connectivity index (χ4v) is 4.09. The Morgan fingerprint density at radius 3 is 1.63 bits per heavy atom. The molecule has 0 radical (unpaired) electrons. The molecule has 188 valence electrons. The Bertz CT molecular complexity index is 1420. The van der Waals surface area contributed by atoms with Crippen LogP contribution in [0.15, 0.2) is 109 Å². The van der Waals surface area contributed by atoms with Crippen molar-refractivity contribution in [3.63, 3.8) is 0 Å². The summed E-state index contributed by atoms with van der Waals surface area (Å²) in [6, 6.07) is 30.8. The van der Waals surface area contributed by atoms with E-state index in [-0.39, 0.29) is 5.56 Å². The van der Waals surface area contributed by atoms with E-state index in [1.807, 2.05) is 36.4 Å². The van der Waals surface area contributed by atoms with E-state index < -0.39 is 12.2 Å². The lowest BCUT2D eigenvalue weighted by Gasteiger charge is -2.25. The molecule has 5 heteroatoms. The number of rotatable bonds is 9. The SMILES string of the molecule is C=C(CC)Cc1ccc(-c2ccc(C(F)(F)OC(c3ccc(C#N)cc3)c3ccc(C#N)cc3)cc2)cc1. The molecule has 0 atom stereocenters. The average molecular weight is 505 g/mol. The summed E-state index contributed by atoms with van der Waals surface area (Å²) in [4.78, 5) is 0. The van der Waals surface area contributed by atoms with E-state index in [0.29, 0.717) is 22.3 Å². The van der Waals surface area contributed by atoms with E-state index in [9.17, 15) is 0 Å². The first kappa shape index (κ1) is 26.5. The number of benzene rings is 4. The van der Waals surface area contributed by atoms with Crippen LogP contribution in [0.1, 0.15) is 52.8 Å². The van der Waals surface area contributed by atoms with Gasteiger partial charge in [-0.3, -0.25) is 0 Å². The molecule has 38 heavy (non-hydrogen) atoms. The molecule has 0 unspecified atom stereocenters. The highest BCUT2D eigenvalue weighted by Crippen LogP contribution is 2.39. The second kappa shape index (κ2) is 11.6. The molecule has 4 aromatic rings. The number of ether oxygens (including phenoxy) is 1. The van der Waals surface area contributed by atoms with Crippen molar-refractivity contribution < 1.29 is 13.5 Å². The van der Waals surface area contributed by atoms with Gasteiger partial charge >= 0.3 is 6.11 Å². The van der Waals surface area contributed by atoms with Crippen LogP contribution < -0.4 is 0 Å². The zero-order valence-electron chi connectivity index (χ0n) is 21.0. The third-order valence-electron chi connectivity index (χ3n) is 6.41. The van der Waals surface area contributed by atoms with Gasteiger partial charge in [-0.1, -0.05) is 79.7 Å². The van der Waals surface area contributed by atoms with Crippen molar-refractivity contribution in [1.82, 2.24) is 0 Å². The number of allylic oxidation sites excluding steroid dienone is 1. The summed E-state index contributed by atoms with van der Waals surface area (Å²) in [7, 11) is 0. The molecular weight excluding hydrogens is 478 g/mol. The van der Waals surface area contributed by atoms with E-state index in [0.717, 1.165) is 35.1 Å². The number of hydrogen-bond acceptors (Lipinski definition) is 3. The van der Waals surface area contributed by atoms with Gasteiger partial charge in [0.15, 0.2) is 0 Å². The van der Waals surface area contributed by atoms with Crippen molar-refractivity contribution in [2.75, 3.05) is 0 Å². The first-order chi connectivity index (χ1) is 18.3. The molecule has 0 heterocycles. The standard InChI is InChI=1S/C33H26F2N2O/c1-3-23(2)20-24-4-10-27(11-5-24)28-16-18-31(19-17-28)33(34,35)38-32(29-12-6-25(21-36)7-13-29)30-14-8-26(22-37)9-15-30/h4-19,32H,2-3,20H2,1H3. The Morgan fingerprint density at radius 2 is 1.21 bits per heavy atom. The summed E-state index contributed by atoms with van der Waals surface area (Å²) in [5, 5.41) is 18.2.